The van der Waals surface area contributed by atoms with Crippen LogP contribution in [-0.4, -0.2) is 18.3 Å². The van der Waals surface area contributed by atoms with Crippen molar-refractivity contribution in [3.63, 3.8) is 0 Å². The van der Waals surface area contributed by atoms with Crippen LogP contribution in [0, 0.1) is 12.8 Å². The van der Waals surface area contributed by atoms with Crippen LogP contribution in [0.15, 0.2) is 47.1 Å². The van der Waals surface area contributed by atoms with Gasteiger partial charge in [0.05, 0.1) is 12.9 Å². The van der Waals surface area contributed by atoms with Gasteiger partial charge in [-0.25, -0.2) is 0 Å². The summed E-state index contributed by atoms with van der Waals surface area (Å²) in [5.74, 6) is 1.80. The lowest BCUT2D eigenvalue weighted by Gasteiger charge is -2.15. The summed E-state index contributed by atoms with van der Waals surface area (Å²) in [7, 11) is 0. The molecule has 2 rings (SSSR count). The highest BCUT2D eigenvalue weighted by atomic mass is 16.5. The first-order valence-corrected chi connectivity index (χ1v) is 6.11. The predicted molar refractivity (Wildman–Crippen MR) is 69.7 cm³/mol. The van der Waals surface area contributed by atoms with Gasteiger partial charge in [-0.2, -0.15) is 0 Å². The number of furan rings is 1. The number of para-hydroxylation sites is 1. The zero-order valence-electron chi connectivity index (χ0n) is 10.5. The minimum atomic E-state index is 0.0516. The third kappa shape index (κ3) is 3.37. The summed E-state index contributed by atoms with van der Waals surface area (Å²) in [5.41, 5.74) is 1.10. The molecule has 0 aliphatic carbocycles. The maximum Gasteiger partial charge on any atom is 0.122 e. The normalized spacial score (nSPS) is 12.3. The molecule has 1 aromatic heterocycles. The van der Waals surface area contributed by atoms with Gasteiger partial charge in [0.25, 0.3) is 0 Å². The van der Waals surface area contributed by atoms with E-state index in [0.717, 1.165) is 17.1 Å². The number of benzene rings is 1. The molecule has 18 heavy (non-hydrogen) atoms. The van der Waals surface area contributed by atoms with Crippen LogP contribution < -0.4 is 4.74 Å². The first-order chi connectivity index (χ1) is 8.79. The predicted octanol–water partition coefficient (Wildman–Crippen LogP) is 2.82. The Morgan fingerprint density at radius 2 is 2.06 bits per heavy atom. The molecule has 0 aliphatic heterocycles. The summed E-state index contributed by atoms with van der Waals surface area (Å²) in [5, 5.41) is 9.35. The lowest BCUT2D eigenvalue weighted by molar-refractivity contribution is 0.157. The Kier molecular flexibility index (Phi) is 4.42. The molecule has 0 saturated carbocycles. The lowest BCUT2D eigenvalue weighted by Crippen LogP contribution is -2.18. The molecule has 0 bridgehead atoms. The fourth-order valence-electron chi connectivity index (χ4n) is 1.82. The summed E-state index contributed by atoms with van der Waals surface area (Å²) in [6.45, 7) is 2.59. The van der Waals surface area contributed by atoms with Gasteiger partial charge in [-0.05, 0) is 30.7 Å². The molecule has 1 unspecified atom stereocenters. The molecular weight excluding hydrogens is 228 g/mol. The second-order valence-corrected chi connectivity index (χ2v) is 4.41. The number of rotatable bonds is 6. The molecule has 3 heteroatoms. The van der Waals surface area contributed by atoms with Gasteiger partial charge in [-0.1, -0.05) is 18.2 Å². The zero-order valence-corrected chi connectivity index (χ0v) is 10.5. The SMILES string of the molecule is Cc1ccccc1OCC(CO)Cc1ccco1. The third-order valence-corrected chi connectivity index (χ3v) is 2.90. The van der Waals surface area contributed by atoms with E-state index in [4.69, 9.17) is 9.15 Å². The standard InChI is InChI=1S/C15H18O3/c1-12-5-2-3-7-15(12)18-11-13(10-16)9-14-6-4-8-17-14/h2-8,13,16H,9-11H2,1H3. The number of hydrogen-bond donors (Lipinski definition) is 1. The van der Waals surface area contributed by atoms with Crippen molar-refractivity contribution in [2.75, 3.05) is 13.2 Å². The van der Waals surface area contributed by atoms with E-state index in [1.807, 2.05) is 43.3 Å². The van der Waals surface area contributed by atoms with Crippen LogP contribution in [0.2, 0.25) is 0 Å². The van der Waals surface area contributed by atoms with Gasteiger partial charge in [0.15, 0.2) is 0 Å². The number of ether oxygens (including phenoxy) is 1. The van der Waals surface area contributed by atoms with Gasteiger partial charge >= 0.3 is 0 Å². The van der Waals surface area contributed by atoms with Gasteiger partial charge in [0.2, 0.25) is 0 Å². The summed E-state index contributed by atoms with van der Waals surface area (Å²) in [6.07, 6.45) is 2.33. The molecule has 3 nitrogen and oxygen atoms in total. The molecule has 0 fully saturated rings. The third-order valence-electron chi connectivity index (χ3n) is 2.90. The Labute approximate surface area is 107 Å². The van der Waals surface area contributed by atoms with E-state index in [1.54, 1.807) is 6.26 Å². The quantitative estimate of drug-likeness (QED) is 0.852. The summed E-state index contributed by atoms with van der Waals surface area (Å²) in [6, 6.07) is 11.6. The number of aryl methyl sites for hydroxylation is 1. The van der Waals surface area contributed by atoms with E-state index in [9.17, 15) is 5.11 Å². The van der Waals surface area contributed by atoms with Crippen LogP contribution in [-0.2, 0) is 6.42 Å². The largest absolute Gasteiger partial charge is 0.493 e. The van der Waals surface area contributed by atoms with Crippen molar-refractivity contribution in [1.82, 2.24) is 0 Å². The Balaban J connectivity index is 1.89. The molecule has 0 saturated heterocycles. The topological polar surface area (TPSA) is 42.6 Å². The molecule has 0 spiro atoms. The van der Waals surface area contributed by atoms with Crippen LogP contribution in [0.1, 0.15) is 11.3 Å². The van der Waals surface area contributed by atoms with Crippen molar-refractivity contribution >= 4 is 0 Å². The molecule has 0 amide bonds. The molecule has 1 aromatic carbocycles. The minimum absolute atomic E-state index is 0.0516. The van der Waals surface area contributed by atoms with Crippen LogP contribution in [0.3, 0.4) is 0 Å². The molecule has 1 atom stereocenters. The zero-order chi connectivity index (χ0) is 12.8. The van der Waals surface area contributed by atoms with E-state index in [2.05, 4.69) is 0 Å². The van der Waals surface area contributed by atoms with Gasteiger partial charge in [0.1, 0.15) is 11.5 Å². The second kappa shape index (κ2) is 6.26. The van der Waals surface area contributed by atoms with Gasteiger partial charge in [0, 0.05) is 18.9 Å². The van der Waals surface area contributed by atoms with Crippen molar-refractivity contribution in [1.29, 1.82) is 0 Å². The summed E-state index contributed by atoms with van der Waals surface area (Å²) in [4.78, 5) is 0. The average Bonchev–Trinajstić information content (AvgIpc) is 2.89. The van der Waals surface area contributed by atoms with E-state index < -0.39 is 0 Å². The fraction of sp³-hybridized carbons (Fsp3) is 0.333. The van der Waals surface area contributed by atoms with Crippen LogP contribution in [0.4, 0.5) is 0 Å². The van der Waals surface area contributed by atoms with Crippen molar-refractivity contribution in [2.24, 2.45) is 5.92 Å². The molecule has 0 radical (unpaired) electrons. The molecular formula is C15H18O3. The summed E-state index contributed by atoms with van der Waals surface area (Å²) < 4.78 is 11.0. The highest BCUT2D eigenvalue weighted by Gasteiger charge is 2.12. The minimum Gasteiger partial charge on any atom is -0.493 e. The van der Waals surface area contributed by atoms with E-state index in [1.165, 1.54) is 0 Å². The van der Waals surface area contributed by atoms with Crippen molar-refractivity contribution in [3.8, 4) is 5.75 Å². The van der Waals surface area contributed by atoms with E-state index >= 15 is 0 Å². The highest BCUT2D eigenvalue weighted by Crippen LogP contribution is 2.18. The maximum absolute atomic E-state index is 9.35. The maximum atomic E-state index is 9.35. The van der Waals surface area contributed by atoms with Crippen molar-refractivity contribution in [3.05, 3.63) is 54.0 Å². The molecule has 0 aliphatic rings. The Morgan fingerprint density at radius 3 is 2.72 bits per heavy atom. The first kappa shape index (κ1) is 12.7. The smallest absolute Gasteiger partial charge is 0.122 e. The molecule has 1 heterocycles. The Morgan fingerprint density at radius 1 is 1.22 bits per heavy atom. The second-order valence-electron chi connectivity index (χ2n) is 4.41. The van der Waals surface area contributed by atoms with Crippen molar-refractivity contribution in [2.45, 2.75) is 13.3 Å². The highest BCUT2D eigenvalue weighted by molar-refractivity contribution is 5.31. The number of aliphatic hydroxyl groups excluding tert-OH is 1. The van der Waals surface area contributed by atoms with Crippen LogP contribution >= 0.6 is 0 Å². The Bertz CT molecular complexity index is 462. The van der Waals surface area contributed by atoms with Crippen LogP contribution in [0.5, 0.6) is 5.75 Å². The molecule has 1 N–H and O–H groups in total. The van der Waals surface area contributed by atoms with Crippen LogP contribution in [0.25, 0.3) is 0 Å². The van der Waals surface area contributed by atoms with Gasteiger partial charge in [-0.3, -0.25) is 0 Å². The van der Waals surface area contributed by atoms with Gasteiger partial charge in [-0.15, -0.1) is 0 Å². The van der Waals surface area contributed by atoms with E-state index in [0.29, 0.717) is 13.0 Å². The van der Waals surface area contributed by atoms with E-state index in [-0.39, 0.29) is 12.5 Å². The number of hydrogen-bond acceptors (Lipinski definition) is 3. The summed E-state index contributed by atoms with van der Waals surface area (Å²) >= 11 is 0. The average molecular weight is 246 g/mol. The Hall–Kier alpha value is -1.74. The molecule has 2 aromatic rings. The first-order valence-electron chi connectivity index (χ1n) is 6.11. The molecule has 96 valence electrons. The van der Waals surface area contributed by atoms with Crippen molar-refractivity contribution < 1.29 is 14.3 Å². The lowest BCUT2D eigenvalue weighted by atomic mass is 10.1. The van der Waals surface area contributed by atoms with Gasteiger partial charge < -0.3 is 14.3 Å². The fourth-order valence-corrected chi connectivity index (χ4v) is 1.82. The number of aliphatic hydroxyl groups is 1. The monoisotopic (exact) mass is 246 g/mol.